The van der Waals surface area contributed by atoms with Crippen LogP contribution in [0.3, 0.4) is 0 Å². The summed E-state index contributed by atoms with van der Waals surface area (Å²) in [4.78, 5) is 0. The summed E-state index contributed by atoms with van der Waals surface area (Å²) < 4.78 is 33.9. The van der Waals surface area contributed by atoms with Crippen molar-refractivity contribution < 1.29 is 69.5 Å². The quantitative estimate of drug-likeness (QED) is 0.230. The van der Waals surface area contributed by atoms with Crippen LogP contribution < -0.4 is 51.4 Å². The fourth-order valence-electron chi connectivity index (χ4n) is 3.09. The predicted molar refractivity (Wildman–Crippen MR) is 100 cm³/mol. The summed E-state index contributed by atoms with van der Waals surface area (Å²) in [5, 5.41) is 9.19. The van der Waals surface area contributed by atoms with Gasteiger partial charge in [-0.15, -0.1) is 0 Å². The minimum Gasteiger partial charge on any atom is -0.748 e. The molecule has 6 heteroatoms. The molecule has 146 valence electrons. The van der Waals surface area contributed by atoms with Crippen molar-refractivity contribution in [3.63, 3.8) is 0 Å². The Balaban J connectivity index is 0. The minimum atomic E-state index is -4.24. The van der Waals surface area contributed by atoms with E-state index >= 15 is 0 Å². The van der Waals surface area contributed by atoms with Gasteiger partial charge >= 0.3 is 51.4 Å². The van der Waals surface area contributed by atoms with Crippen molar-refractivity contribution in [3.8, 4) is 0 Å². The van der Waals surface area contributed by atoms with Gasteiger partial charge in [0, 0.05) is 5.25 Å². The van der Waals surface area contributed by atoms with Gasteiger partial charge in [0.15, 0.2) is 0 Å². The number of rotatable bonds is 17. The molecule has 2 atom stereocenters. The predicted octanol–water partition coefficient (Wildman–Crippen LogP) is 2.16. The van der Waals surface area contributed by atoms with Crippen LogP contribution >= 0.6 is 0 Å². The van der Waals surface area contributed by atoms with E-state index in [4.69, 9.17) is 0 Å². The van der Waals surface area contributed by atoms with Crippen molar-refractivity contribution in [1.82, 2.24) is 0 Å². The molecule has 0 fully saturated rings. The monoisotopic (exact) mass is 402 g/mol. The molecule has 0 aromatic rings. The molecule has 0 saturated carbocycles. The van der Waals surface area contributed by atoms with Crippen molar-refractivity contribution in [2.24, 2.45) is 0 Å². The summed E-state index contributed by atoms with van der Waals surface area (Å²) in [5.74, 6) is 0. The first-order valence-electron chi connectivity index (χ1n) is 10.0. The number of hydrogen-bond acceptors (Lipinski definition) is 4. The van der Waals surface area contributed by atoms with Crippen molar-refractivity contribution in [1.29, 1.82) is 0 Å². The third-order valence-electron chi connectivity index (χ3n) is 4.75. The van der Waals surface area contributed by atoms with E-state index in [0.717, 1.165) is 38.5 Å². The van der Waals surface area contributed by atoms with Crippen LogP contribution in [0, 0.1) is 0 Å². The second-order valence-electron chi connectivity index (χ2n) is 7.11. The topological polar surface area (TPSA) is 77.4 Å². The molecule has 0 heterocycles. The van der Waals surface area contributed by atoms with Crippen molar-refractivity contribution in [2.75, 3.05) is 0 Å². The maximum atomic E-state index is 11.3. The van der Waals surface area contributed by atoms with Gasteiger partial charge in [0.25, 0.3) is 0 Å². The van der Waals surface area contributed by atoms with Crippen LogP contribution in [-0.2, 0) is 10.1 Å². The van der Waals surface area contributed by atoms with Gasteiger partial charge in [-0.3, -0.25) is 0 Å². The van der Waals surface area contributed by atoms with E-state index in [1.807, 2.05) is 6.92 Å². The normalized spacial score (nSPS) is 14.1. The molecule has 0 aromatic carbocycles. The van der Waals surface area contributed by atoms with Gasteiger partial charge in [-0.1, -0.05) is 84.5 Å². The molecule has 0 aliphatic heterocycles. The Morgan fingerprint density at radius 1 is 0.720 bits per heavy atom. The van der Waals surface area contributed by atoms with Gasteiger partial charge in [0.2, 0.25) is 0 Å². The molecule has 25 heavy (non-hydrogen) atoms. The molecule has 1 N–H and O–H groups in total. The summed E-state index contributed by atoms with van der Waals surface area (Å²) in [7, 11) is -4.24. The number of aliphatic hydroxyl groups is 1. The van der Waals surface area contributed by atoms with Crippen molar-refractivity contribution in [2.45, 2.75) is 122 Å². The average Bonchev–Trinajstić information content (AvgIpc) is 2.52. The van der Waals surface area contributed by atoms with Crippen LogP contribution in [0.5, 0.6) is 0 Å². The average molecular weight is 403 g/mol. The largest absolute Gasteiger partial charge is 1.00 e. The molecule has 0 spiro atoms. The van der Waals surface area contributed by atoms with Crippen LogP contribution in [0.15, 0.2) is 0 Å². The van der Waals surface area contributed by atoms with E-state index < -0.39 is 21.5 Å². The maximum Gasteiger partial charge on any atom is 1.00 e. The first-order chi connectivity index (χ1) is 11.4. The molecule has 0 aliphatic rings. The first-order valence-corrected chi connectivity index (χ1v) is 11.5. The Labute approximate surface area is 199 Å². The summed E-state index contributed by atoms with van der Waals surface area (Å²) in [6.45, 7) is 4.27. The van der Waals surface area contributed by atoms with E-state index in [2.05, 4.69) is 6.92 Å². The van der Waals surface area contributed by atoms with E-state index in [0.29, 0.717) is 19.3 Å². The van der Waals surface area contributed by atoms with Gasteiger partial charge < -0.3 is 9.66 Å². The summed E-state index contributed by atoms with van der Waals surface area (Å²) in [6, 6.07) is 0. The third-order valence-corrected chi connectivity index (χ3v) is 6.04. The second-order valence-corrected chi connectivity index (χ2v) is 8.76. The van der Waals surface area contributed by atoms with Crippen LogP contribution in [0.4, 0.5) is 0 Å². The molecule has 0 rings (SSSR count). The second kappa shape index (κ2) is 18.9. The van der Waals surface area contributed by atoms with Crippen molar-refractivity contribution >= 4 is 10.1 Å². The molecular weight excluding hydrogens is 363 g/mol. The van der Waals surface area contributed by atoms with Gasteiger partial charge in [-0.05, 0) is 25.7 Å². The standard InChI is InChI=1S/C19H40O4S.K/c1-3-5-7-8-9-10-11-13-14-18(20)16-17-19(24(21,22)23)15-12-6-4-2;/h18-20H,3-17H2,1-2H3,(H,21,22,23);/q;+1/p-1. The SMILES string of the molecule is CCCCCCCCCCC(O)CCC(CCCCC)S(=O)(=O)[O-].[K+]. The number of unbranched alkanes of at least 4 members (excludes halogenated alkanes) is 9. The van der Waals surface area contributed by atoms with Crippen LogP contribution in [0.1, 0.15) is 110 Å². The Bertz CT molecular complexity index is 374. The molecule has 0 bridgehead atoms. The minimum absolute atomic E-state index is 0. The molecule has 0 amide bonds. The molecule has 4 nitrogen and oxygen atoms in total. The Morgan fingerprint density at radius 2 is 1.16 bits per heavy atom. The molecule has 2 unspecified atom stereocenters. The zero-order valence-electron chi connectivity index (χ0n) is 16.8. The summed E-state index contributed by atoms with van der Waals surface area (Å²) >= 11 is 0. The third kappa shape index (κ3) is 18.6. The fraction of sp³-hybridized carbons (Fsp3) is 1.00. The first kappa shape index (κ1) is 28.7. The van der Waals surface area contributed by atoms with Crippen LogP contribution in [0.25, 0.3) is 0 Å². The van der Waals surface area contributed by atoms with Gasteiger partial charge in [-0.25, -0.2) is 8.42 Å². The Morgan fingerprint density at radius 3 is 1.68 bits per heavy atom. The molecule has 0 aromatic heterocycles. The number of hydrogen-bond donors (Lipinski definition) is 1. The van der Waals surface area contributed by atoms with E-state index in [1.165, 1.54) is 38.5 Å². The summed E-state index contributed by atoms with van der Waals surface area (Å²) in [5.41, 5.74) is 0. The van der Waals surface area contributed by atoms with E-state index in [1.54, 1.807) is 0 Å². The fourth-order valence-corrected chi connectivity index (χ4v) is 3.97. The van der Waals surface area contributed by atoms with Gasteiger partial charge in [0.1, 0.15) is 0 Å². The number of aliphatic hydroxyl groups excluding tert-OH is 1. The zero-order valence-corrected chi connectivity index (χ0v) is 20.8. The molecule has 0 aliphatic carbocycles. The van der Waals surface area contributed by atoms with Gasteiger partial charge in [-0.2, -0.15) is 0 Å². The van der Waals surface area contributed by atoms with Crippen LogP contribution in [0.2, 0.25) is 0 Å². The smallest absolute Gasteiger partial charge is 0.748 e. The Hall–Kier alpha value is 1.51. The zero-order chi connectivity index (χ0) is 18.3. The summed E-state index contributed by atoms with van der Waals surface area (Å²) in [6.07, 6.45) is 13.9. The van der Waals surface area contributed by atoms with Gasteiger partial charge in [0.05, 0.1) is 16.2 Å². The van der Waals surface area contributed by atoms with E-state index in [9.17, 15) is 18.1 Å². The van der Waals surface area contributed by atoms with Crippen LogP contribution in [-0.4, -0.2) is 29.4 Å². The van der Waals surface area contributed by atoms with E-state index in [-0.39, 0.29) is 51.4 Å². The van der Waals surface area contributed by atoms with Crippen molar-refractivity contribution in [3.05, 3.63) is 0 Å². The molecule has 0 saturated heterocycles. The molecular formula is C19H39KO4S. The Kier molecular flexibility index (Phi) is 21.7. The molecule has 0 radical (unpaired) electrons. The maximum absolute atomic E-state index is 11.3.